The van der Waals surface area contributed by atoms with E-state index in [1.54, 1.807) is 33.8 Å². The summed E-state index contributed by atoms with van der Waals surface area (Å²) in [5, 5.41) is 36.0. The number of anilines is 2. The average Bonchev–Trinajstić information content (AvgIpc) is 1.70. The molecule has 0 radical (unpaired) electrons. The summed E-state index contributed by atoms with van der Waals surface area (Å²) in [7, 11) is 9.31. The maximum absolute atomic E-state index is 13.1. The molecule has 5 fully saturated rings. The SMILES string of the molecule is C.CC(=O)C1CCN(C(=O)OC(C)(C)C)CC1.CC(C)(C)OC(=O)N1CCC(C(=O)Nc2ccccc2)CC1.CC(C)(C)OC(=O)N1CCC(C(=O)O)CC1.CN(C)CCCn1ccc2cc(C(=O)N3CCC(C(=O)Cc4ccccc4)CC3)ccc21.CN(C)CCCn1ccc2cc(C(=O)O)ccc21.CO.Cl.Cl.O.O=C(Nc1ccccc1)C1CCNCC1.[Li+].[OH-]. The van der Waals surface area contributed by atoms with Crippen molar-refractivity contribution < 1.29 is 107 Å². The maximum atomic E-state index is 13.1. The third-order valence-electron chi connectivity index (χ3n) is 21.0. The van der Waals surface area contributed by atoms with Crippen LogP contribution in [0, 0.1) is 29.6 Å². The van der Waals surface area contributed by atoms with Gasteiger partial charge in [-0.05, 0) is 279 Å². The number of ether oxygens (including phenoxy) is 3. The molecule has 5 aliphatic heterocycles. The van der Waals surface area contributed by atoms with Gasteiger partial charge in [0, 0.05) is 154 Å². The van der Waals surface area contributed by atoms with Gasteiger partial charge in [0.2, 0.25) is 11.8 Å². The maximum Gasteiger partial charge on any atom is 1.00 e. The molecule has 7 aromatic rings. The fraction of sp³-hybridized carbons (Fsp3) is 0.537. The number of aromatic nitrogens is 2. The number of halogens is 2. The van der Waals surface area contributed by atoms with Gasteiger partial charge in [-0.3, -0.25) is 28.8 Å². The van der Waals surface area contributed by atoms with E-state index in [2.05, 4.69) is 81.4 Å². The van der Waals surface area contributed by atoms with Crippen molar-refractivity contribution in [3.8, 4) is 0 Å². The number of nitrogens with one attached hydrogen (secondary N) is 3. The number of aliphatic carboxylic acids is 1. The van der Waals surface area contributed by atoms with Crippen molar-refractivity contribution in [2.24, 2.45) is 29.6 Å². The zero-order valence-electron chi connectivity index (χ0n) is 76.9. The second kappa shape index (κ2) is 58.9. The fourth-order valence-electron chi connectivity index (χ4n) is 14.4. The molecule has 32 heteroatoms. The largest absolute Gasteiger partial charge is 1.00 e. The summed E-state index contributed by atoms with van der Waals surface area (Å²) in [6, 6.07) is 44.3. The number of aromatic carboxylic acids is 1. The minimum atomic E-state index is -0.878. The number of hydrogen-bond acceptors (Lipinski definition) is 18. The van der Waals surface area contributed by atoms with E-state index in [1.807, 2.05) is 189 Å². The number of aryl methyl sites for hydroxylation is 2. The van der Waals surface area contributed by atoms with Gasteiger partial charge < -0.3 is 95.0 Å². The molecule has 5 saturated heterocycles. The number of carboxylic acid groups (broad SMARTS) is 2. The number of rotatable bonds is 19. The van der Waals surface area contributed by atoms with Crippen LogP contribution in [-0.4, -0.2) is 255 Å². The van der Waals surface area contributed by atoms with Crippen LogP contribution >= 0.6 is 24.8 Å². The molecule has 0 saturated carbocycles. The second-order valence-electron chi connectivity index (χ2n) is 34.8. The first-order valence-corrected chi connectivity index (χ1v) is 42.5. The molecule has 2 aromatic heterocycles. The van der Waals surface area contributed by atoms with Crippen molar-refractivity contribution in [2.75, 3.05) is 124 Å². The monoisotopic (exact) mass is 1800 g/mol. The second-order valence-corrected chi connectivity index (χ2v) is 34.8. The number of hydrogen-bond donors (Lipinski definition) is 6. The molecule has 0 unspecified atom stereocenters. The van der Waals surface area contributed by atoms with Gasteiger partial charge in [-0.2, -0.15) is 0 Å². The van der Waals surface area contributed by atoms with Crippen molar-refractivity contribution in [3.05, 3.63) is 169 Å². The zero-order valence-corrected chi connectivity index (χ0v) is 78.5. The molecule has 0 bridgehead atoms. The van der Waals surface area contributed by atoms with Crippen molar-refractivity contribution in [3.63, 3.8) is 0 Å². The molecule has 9 N–H and O–H groups in total. The Bertz CT molecular complexity index is 4350. The number of aliphatic hydroxyl groups excluding tert-OH is 1. The third-order valence-corrected chi connectivity index (χ3v) is 21.0. The molecule has 6 amide bonds. The Morgan fingerprint density at radius 1 is 0.449 bits per heavy atom. The number of carbonyl (C=O) groups is 10. The Morgan fingerprint density at radius 3 is 1.13 bits per heavy atom. The topological polar surface area (TPSA) is 386 Å². The molecule has 5 aliphatic rings. The predicted octanol–water partition coefficient (Wildman–Crippen LogP) is 12.5. The van der Waals surface area contributed by atoms with Gasteiger partial charge in [0.25, 0.3) is 5.91 Å². The van der Waals surface area contributed by atoms with E-state index in [0.29, 0.717) is 95.8 Å². The van der Waals surface area contributed by atoms with Crippen molar-refractivity contribution in [1.29, 1.82) is 0 Å². The fourth-order valence-corrected chi connectivity index (χ4v) is 14.4. The van der Waals surface area contributed by atoms with Crippen LogP contribution in [0.1, 0.15) is 180 Å². The van der Waals surface area contributed by atoms with Crippen molar-refractivity contribution >= 4 is 118 Å². The Kier molecular flexibility index (Phi) is 54.6. The molecule has 5 aromatic carbocycles. The minimum absolute atomic E-state index is 0. The van der Waals surface area contributed by atoms with E-state index < -0.39 is 28.7 Å². The molecule has 0 atom stereocenters. The number of para-hydroxylation sites is 2. The number of carbonyl (C=O) groups excluding carboxylic acids is 8. The van der Waals surface area contributed by atoms with Gasteiger partial charge in [0.15, 0.2) is 0 Å². The van der Waals surface area contributed by atoms with E-state index in [0.717, 1.165) is 137 Å². The Hall–Kier alpha value is -9.38. The van der Waals surface area contributed by atoms with Gasteiger partial charge in [0.05, 0.1) is 11.5 Å². The van der Waals surface area contributed by atoms with Crippen LogP contribution in [0.4, 0.5) is 25.8 Å². The normalized spacial score (nSPS) is 14.9. The number of carboxylic acids is 2. The summed E-state index contributed by atoms with van der Waals surface area (Å²) in [5.74, 6) is -0.912. The molecular weight excluding hydrogens is 1660 g/mol. The van der Waals surface area contributed by atoms with Gasteiger partial charge in [-0.1, -0.05) is 74.2 Å². The van der Waals surface area contributed by atoms with Crippen LogP contribution in [0.15, 0.2) is 152 Å². The van der Waals surface area contributed by atoms with E-state index >= 15 is 0 Å². The first-order chi connectivity index (χ1) is 57.4. The first-order valence-electron chi connectivity index (χ1n) is 42.5. The summed E-state index contributed by atoms with van der Waals surface area (Å²) in [5.41, 5.74) is 4.67. The number of amides is 6. The molecule has 702 valence electrons. The summed E-state index contributed by atoms with van der Waals surface area (Å²) in [4.78, 5) is 129. The molecule has 7 heterocycles. The van der Waals surface area contributed by atoms with Crippen molar-refractivity contribution in [1.82, 2.24) is 43.9 Å². The van der Waals surface area contributed by atoms with Gasteiger partial charge >= 0.3 is 49.1 Å². The summed E-state index contributed by atoms with van der Waals surface area (Å²) in [6.45, 7) is 28.7. The number of likely N-dealkylation sites (tertiary alicyclic amines) is 4. The van der Waals surface area contributed by atoms with Gasteiger partial charge in [0.1, 0.15) is 28.4 Å². The Morgan fingerprint density at radius 2 is 0.780 bits per heavy atom. The average molecular weight is 1810 g/mol. The number of piperidine rings is 5. The van der Waals surface area contributed by atoms with Crippen LogP contribution in [-0.2, 0) is 57.7 Å². The quantitative estimate of drug-likeness (QED) is 0.0323. The van der Waals surface area contributed by atoms with E-state index in [1.165, 1.54) is 5.52 Å². The van der Waals surface area contributed by atoms with Crippen LogP contribution < -0.4 is 34.8 Å². The molecule has 127 heavy (non-hydrogen) atoms. The smallest absolute Gasteiger partial charge is 0.870 e. The Labute approximate surface area is 776 Å². The van der Waals surface area contributed by atoms with Crippen LogP contribution in [0.25, 0.3) is 21.8 Å². The van der Waals surface area contributed by atoms with Crippen molar-refractivity contribution in [2.45, 2.75) is 190 Å². The molecule has 0 spiro atoms. The molecule has 29 nitrogen and oxygen atoms in total. The predicted molar refractivity (Wildman–Crippen MR) is 502 cm³/mol. The molecule has 0 aliphatic carbocycles. The minimum Gasteiger partial charge on any atom is -0.870 e. The summed E-state index contributed by atoms with van der Waals surface area (Å²) < 4.78 is 20.3. The van der Waals surface area contributed by atoms with Crippen LogP contribution in [0.2, 0.25) is 0 Å². The number of benzene rings is 5. The Balaban J connectivity index is 0.00000151. The first kappa shape index (κ1) is 118. The molecular formula is C95H144Cl2LiN11O18. The van der Waals surface area contributed by atoms with Gasteiger partial charge in [-0.25, -0.2) is 19.2 Å². The van der Waals surface area contributed by atoms with Crippen LogP contribution in [0.3, 0.4) is 0 Å². The zero-order chi connectivity index (χ0) is 89.0. The number of fused-ring (bicyclic) bond motifs is 2. The third kappa shape index (κ3) is 42.6. The van der Waals surface area contributed by atoms with E-state index in [-0.39, 0.29) is 133 Å². The van der Waals surface area contributed by atoms with E-state index in [9.17, 15) is 47.9 Å². The van der Waals surface area contributed by atoms with Crippen LogP contribution in [0.5, 0.6) is 0 Å². The number of ketones is 2. The summed E-state index contributed by atoms with van der Waals surface area (Å²) >= 11 is 0. The summed E-state index contributed by atoms with van der Waals surface area (Å²) in [6.07, 6.45) is 13.1. The standard InChI is InChI=1S/C27H33N3O2.C17H24N2O3.C14H18N2O2.C12H16N2O.C12H21NO3.C11H19NO4.CH4O.CH4.2ClH.Li.2H2O/c1-28(2)14-6-15-29-16-13-23-20-24(9-10-25(23)29)27(32)30-17-11-22(12-18-30)26(31)19-21-7-4-3-5-8-21;1-17(2,3)22-16(21)19-11-9-13(10-12-19)15(20)18-14-7-5-4-6-8-14;1-15(2)7-3-8-16-9-6-11-10-12(14(17)18)4-5-13(11)16;15-12(10-6-8-13-9-7-10)14-11-4-2-1-3-5-11;1-9(14)10-5-7-13(8-6-10)11(15)16-12(2,3)4;1-11(2,3)16-10(15)12-6-4-8(5-7-12)9(13)14;1-2;;;;;;/h3-5,7-10,13,16,20,22H,6,11-12,14-15,17-19H2,1-2H3;4-8,13H,9-12H2,1-3H3,(H,18,20);4-6,9-10H,3,7-8H2,1-2H3,(H,17,18);1-5,10,13H,6-9H2,(H,14,15);10H,5-8H2,1-4H3;8H,4-7H2,1-3H3,(H,13,14);2H,1H3;1H4;2*1H;;2*1H2/q;;;;;;;;;;+1;;/p-1. The number of nitrogens with zero attached hydrogens (tertiary/aromatic N) is 8. The van der Waals surface area contributed by atoms with E-state index in [4.69, 9.17) is 29.5 Å². The van der Waals surface area contributed by atoms with Gasteiger partial charge in [-0.15, -0.1) is 24.8 Å². The molecule has 12 rings (SSSR count). The number of Topliss-reactive ketones (excluding diaryl/α,β-unsaturated/α-hetero) is 2. The number of aliphatic hydroxyl groups is 1.